The molecule has 8 heteroatoms. The van der Waals surface area contributed by atoms with Crippen molar-refractivity contribution in [2.75, 3.05) is 20.1 Å². The fourth-order valence-electron chi connectivity index (χ4n) is 1.69. The van der Waals surface area contributed by atoms with Crippen LogP contribution < -0.4 is 5.32 Å². The molecule has 21 heavy (non-hydrogen) atoms. The number of rotatable bonds is 7. The van der Waals surface area contributed by atoms with Gasteiger partial charge in [-0.25, -0.2) is 13.2 Å². The van der Waals surface area contributed by atoms with E-state index in [1.165, 1.54) is 31.3 Å². The molecule has 1 amide bonds. The van der Waals surface area contributed by atoms with Gasteiger partial charge in [0.25, 0.3) is 0 Å². The van der Waals surface area contributed by atoms with E-state index in [-0.39, 0.29) is 30.3 Å². The molecule has 1 aromatic carbocycles. The molecule has 0 bridgehead atoms. The Morgan fingerprint density at radius 3 is 2.24 bits per heavy atom. The number of carbonyl (C=O) groups is 2. The zero-order chi connectivity index (χ0) is 16.0. The minimum absolute atomic E-state index is 0.0915. The van der Waals surface area contributed by atoms with Crippen LogP contribution in [0.5, 0.6) is 0 Å². The van der Waals surface area contributed by atoms with Crippen LogP contribution in [0.3, 0.4) is 0 Å². The topological polar surface area (TPSA) is 104 Å². The molecule has 0 aliphatic rings. The second-order valence-corrected chi connectivity index (χ2v) is 6.33. The first kappa shape index (κ1) is 17.1. The number of likely N-dealkylation sites (N-methyl/N-ethyl adjacent to an activating group) is 2. The Morgan fingerprint density at radius 2 is 1.81 bits per heavy atom. The molecule has 1 rings (SSSR count). The first-order chi connectivity index (χ1) is 9.80. The van der Waals surface area contributed by atoms with E-state index in [2.05, 4.69) is 5.32 Å². The van der Waals surface area contributed by atoms with E-state index in [0.29, 0.717) is 5.56 Å². The van der Waals surface area contributed by atoms with Crippen LogP contribution in [0, 0.1) is 0 Å². The highest BCUT2D eigenvalue weighted by atomic mass is 32.2. The minimum atomic E-state index is -3.64. The largest absolute Gasteiger partial charge is 0.478 e. The van der Waals surface area contributed by atoms with Crippen LogP contribution in [-0.2, 0) is 20.6 Å². The van der Waals surface area contributed by atoms with Crippen molar-refractivity contribution in [3.05, 3.63) is 35.4 Å². The van der Waals surface area contributed by atoms with E-state index in [4.69, 9.17) is 5.11 Å². The Labute approximate surface area is 123 Å². The smallest absolute Gasteiger partial charge is 0.335 e. The molecule has 0 aliphatic carbocycles. The number of benzene rings is 1. The number of sulfonamides is 1. The Bertz CT molecular complexity index is 610. The summed E-state index contributed by atoms with van der Waals surface area (Å²) in [7, 11) is -2.20. The van der Waals surface area contributed by atoms with Gasteiger partial charge < -0.3 is 10.4 Å². The second-order valence-electron chi connectivity index (χ2n) is 4.36. The molecular weight excluding hydrogens is 296 g/mol. The summed E-state index contributed by atoms with van der Waals surface area (Å²) in [4.78, 5) is 22.1. The van der Waals surface area contributed by atoms with Gasteiger partial charge in [0.1, 0.15) is 0 Å². The average molecular weight is 314 g/mol. The monoisotopic (exact) mass is 314 g/mol. The SMILES string of the molecule is CCN(CC(=O)NC)S(=O)(=O)Cc1ccc(C(=O)O)cc1. The predicted molar refractivity (Wildman–Crippen MR) is 77.3 cm³/mol. The number of amides is 1. The molecule has 0 atom stereocenters. The molecule has 7 nitrogen and oxygen atoms in total. The van der Waals surface area contributed by atoms with E-state index in [0.717, 1.165) is 4.31 Å². The van der Waals surface area contributed by atoms with Crippen molar-refractivity contribution in [1.29, 1.82) is 0 Å². The maximum atomic E-state index is 12.2. The van der Waals surface area contributed by atoms with Gasteiger partial charge in [0.05, 0.1) is 17.9 Å². The lowest BCUT2D eigenvalue weighted by Gasteiger charge is -2.19. The van der Waals surface area contributed by atoms with Crippen LogP contribution in [0.2, 0.25) is 0 Å². The van der Waals surface area contributed by atoms with Crippen molar-refractivity contribution in [2.45, 2.75) is 12.7 Å². The molecule has 0 aromatic heterocycles. The van der Waals surface area contributed by atoms with E-state index in [9.17, 15) is 18.0 Å². The predicted octanol–water partition coefficient (Wildman–Crippen LogP) is 0.283. The van der Waals surface area contributed by atoms with Crippen molar-refractivity contribution < 1.29 is 23.1 Å². The lowest BCUT2D eigenvalue weighted by atomic mass is 10.1. The van der Waals surface area contributed by atoms with Gasteiger partial charge in [-0.1, -0.05) is 19.1 Å². The molecule has 0 unspecified atom stereocenters. The molecule has 0 aliphatic heterocycles. The van der Waals surface area contributed by atoms with Crippen LogP contribution in [0.1, 0.15) is 22.8 Å². The Morgan fingerprint density at radius 1 is 1.24 bits per heavy atom. The lowest BCUT2D eigenvalue weighted by molar-refractivity contribution is -0.120. The zero-order valence-electron chi connectivity index (χ0n) is 11.9. The maximum absolute atomic E-state index is 12.2. The van der Waals surface area contributed by atoms with Gasteiger partial charge in [-0.05, 0) is 17.7 Å². The highest BCUT2D eigenvalue weighted by Gasteiger charge is 2.23. The van der Waals surface area contributed by atoms with E-state index in [1.807, 2.05) is 0 Å². The van der Waals surface area contributed by atoms with Gasteiger partial charge in [0.15, 0.2) is 0 Å². The number of carboxylic acid groups (broad SMARTS) is 1. The summed E-state index contributed by atoms with van der Waals surface area (Å²) in [5.41, 5.74) is 0.559. The van der Waals surface area contributed by atoms with Gasteiger partial charge in [-0.2, -0.15) is 4.31 Å². The zero-order valence-corrected chi connectivity index (χ0v) is 12.7. The number of aromatic carboxylic acids is 1. The number of hydrogen-bond donors (Lipinski definition) is 2. The first-order valence-corrected chi connectivity index (χ1v) is 7.91. The molecule has 0 radical (unpaired) electrons. The molecule has 2 N–H and O–H groups in total. The van der Waals surface area contributed by atoms with Crippen LogP contribution in [0.25, 0.3) is 0 Å². The standard InChI is InChI=1S/C13H18N2O5S/c1-3-15(8-12(16)14-2)21(19,20)9-10-4-6-11(7-5-10)13(17)18/h4-7H,3,8-9H2,1-2H3,(H,14,16)(H,17,18). The van der Waals surface area contributed by atoms with Gasteiger partial charge in [0, 0.05) is 13.6 Å². The van der Waals surface area contributed by atoms with Crippen LogP contribution in [0.4, 0.5) is 0 Å². The van der Waals surface area contributed by atoms with E-state index >= 15 is 0 Å². The summed E-state index contributed by atoms with van der Waals surface area (Å²) in [5, 5.41) is 11.2. The fraction of sp³-hybridized carbons (Fsp3) is 0.385. The van der Waals surface area contributed by atoms with Gasteiger partial charge in [-0.3, -0.25) is 4.79 Å². The fourth-order valence-corrected chi connectivity index (χ4v) is 3.20. The molecule has 1 aromatic rings. The van der Waals surface area contributed by atoms with Gasteiger partial charge in [-0.15, -0.1) is 0 Å². The van der Waals surface area contributed by atoms with Crippen LogP contribution in [-0.4, -0.2) is 49.8 Å². The minimum Gasteiger partial charge on any atom is -0.478 e. The third-order valence-corrected chi connectivity index (χ3v) is 4.77. The molecule has 0 saturated heterocycles. The highest BCUT2D eigenvalue weighted by molar-refractivity contribution is 7.88. The highest BCUT2D eigenvalue weighted by Crippen LogP contribution is 2.12. The summed E-state index contributed by atoms with van der Waals surface area (Å²) < 4.78 is 25.5. The lowest BCUT2D eigenvalue weighted by Crippen LogP contribution is -2.40. The third-order valence-electron chi connectivity index (χ3n) is 2.89. The number of carboxylic acids is 1. The van der Waals surface area contributed by atoms with E-state index < -0.39 is 16.0 Å². The molecule has 0 saturated carbocycles. The first-order valence-electron chi connectivity index (χ1n) is 6.30. The van der Waals surface area contributed by atoms with Crippen molar-refractivity contribution in [3.63, 3.8) is 0 Å². The Hall–Kier alpha value is -1.93. The van der Waals surface area contributed by atoms with Crippen LogP contribution in [0.15, 0.2) is 24.3 Å². The molecule has 116 valence electrons. The van der Waals surface area contributed by atoms with E-state index in [1.54, 1.807) is 6.92 Å². The summed E-state index contributed by atoms with van der Waals surface area (Å²) in [6, 6.07) is 5.61. The van der Waals surface area contributed by atoms with Crippen molar-refractivity contribution in [2.24, 2.45) is 0 Å². The number of hydrogen-bond acceptors (Lipinski definition) is 4. The number of nitrogens with one attached hydrogen (secondary N) is 1. The molecule has 0 fully saturated rings. The molecular formula is C13H18N2O5S. The number of carbonyl (C=O) groups excluding carboxylic acids is 1. The number of nitrogens with zero attached hydrogens (tertiary/aromatic N) is 1. The summed E-state index contributed by atoms with van der Waals surface area (Å²) in [5.74, 6) is -1.74. The Balaban J connectivity index is 2.87. The second kappa shape index (κ2) is 7.19. The van der Waals surface area contributed by atoms with Gasteiger partial charge >= 0.3 is 5.97 Å². The summed E-state index contributed by atoms with van der Waals surface area (Å²) >= 11 is 0. The maximum Gasteiger partial charge on any atom is 0.335 e. The summed E-state index contributed by atoms with van der Waals surface area (Å²) in [6.45, 7) is 1.60. The molecule has 0 spiro atoms. The van der Waals surface area contributed by atoms with Crippen molar-refractivity contribution in [3.8, 4) is 0 Å². The summed E-state index contributed by atoms with van der Waals surface area (Å²) in [6.07, 6.45) is 0. The van der Waals surface area contributed by atoms with Crippen molar-refractivity contribution >= 4 is 21.9 Å². The normalized spacial score (nSPS) is 11.4. The third kappa shape index (κ3) is 4.83. The van der Waals surface area contributed by atoms with Crippen LogP contribution >= 0.6 is 0 Å². The Kier molecular flexibility index (Phi) is 5.86. The quantitative estimate of drug-likeness (QED) is 0.752. The average Bonchev–Trinajstić information content (AvgIpc) is 2.44. The van der Waals surface area contributed by atoms with Crippen molar-refractivity contribution in [1.82, 2.24) is 9.62 Å². The molecule has 0 heterocycles. The van der Waals surface area contributed by atoms with Gasteiger partial charge in [0.2, 0.25) is 15.9 Å².